The quantitative estimate of drug-likeness (QED) is 0.798. The van der Waals surface area contributed by atoms with Crippen molar-refractivity contribution in [3.8, 4) is 0 Å². The lowest BCUT2D eigenvalue weighted by molar-refractivity contribution is 0.0602. The van der Waals surface area contributed by atoms with Gasteiger partial charge < -0.3 is 10.1 Å². The first kappa shape index (κ1) is 13.5. The van der Waals surface area contributed by atoms with Gasteiger partial charge in [-0.2, -0.15) is 4.31 Å². The molecule has 100 valence electrons. The Labute approximate surface area is 110 Å². The van der Waals surface area contributed by atoms with E-state index in [1.54, 1.807) is 5.38 Å². The highest BCUT2D eigenvalue weighted by Crippen LogP contribution is 2.26. The first-order valence-corrected chi connectivity index (χ1v) is 7.65. The number of nitrogens with zero attached hydrogens (tertiary/aromatic N) is 1. The second-order valence-corrected chi connectivity index (χ2v) is 6.82. The second-order valence-electron chi connectivity index (χ2n) is 3.94. The molecule has 0 unspecified atom stereocenters. The van der Waals surface area contributed by atoms with Gasteiger partial charge in [0.2, 0.25) is 10.0 Å². The highest BCUT2D eigenvalue weighted by molar-refractivity contribution is 7.89. The predicted molar refractivity (Wildman–Crippen MR) is 67.3 cm³/mol. The zero-order valence-corrected chi connectivity index (χ0v) is 11.7. The van der Waals surface area contributed by atoms with Gasteiger partial charge in [-0.1, -0.05) is 0 Å². The van der Waals surface area contributed by atoms with Gasteiger partial charge in [0.1, 0.15) is 9.77 Å². The standard InChI is InChI=1S/C10H14N2O4S2/c1-12(7-5-11-6-7)18(14,15)8-3-4-17-9(8)10(13)16-2/h3-4,7,11H,5-6H2,1-2H3. The first-order chi connectivity index (χ1) is 8.48. The molecular weight excluding hydrogens is 276 g/mol. The largest absolute Gasteiger partial charge is 0.465 e. The van der Waals surface area contributed by atoms with Crippen LogP contribution in [0.15, 0.2) is 16.3 Å². The lowest BCUT2D eigenvalue weighted by Gasteiger charge is -2.34. The van der Waals surface area contributed by atoms with Gasteiger partial charge in [-0.05, 0) is 11.4 Å². The number of ether oxygens (including phenoxy) is 1. The van der Waals surface area contributed by atoms with Gasteiger partial charge in [-0.3, -0.25) is 0 Å². The Bertz CT molecular complexity index is 548. The summed E-state index contributed by atoms with van der Waals surface area (Å²) in [6, 6.07) is 1.38. The molecule has 1 aliphatic rings. The topological polar surface area (TPSA) is 75.7 Å². The Balaban J connectivity index is 2.35. The number of likely N-dealkylation sites (N-methyl/N-ethyl adjacent to an activating group) is 1. The Morgan fingerprint density at radius 2 is 2.22 bits per heavy atom. The van der Waals surface area contributed by atoms with Gasteiger partial charge >= 0.3 is 5.97 Å². The van der Waals surface area contributed by atoms with Crippen LogP contribution in [0.1, 0.15) is 9.67 Å². The fourth-order valence-corrected chi connectivity index (χ4v) is 4.28. The van der Waals surface area contributed by atoms with Gasteiger partial charge in [0.25, 0.3) is 0 Å². The number of methoxy groups -OCH3 is 1. The van der Waals surface area contributed by atoms with E-state index in [1.165, 1.54) is 24.5 Å². The summed E-state index contributed by atoms with van der Waals surface area (Å²) in [7, 11) is -0.877. The minimum Gasteiger partial charge on any atom is -0.465 e. The van der Waals surface area contributed by atoms with Crippen molar-refractivity contribution in [3.05, 3.63) is 16.3 Å². The van der Waals surface area contributed by atoms with Crippen LogP contribution >= 0.6 is 11.3 Å². The van der Waals surface area contributed by atoms with Crippen LogP contribution in [-0.2, 0) is 14.8 Å². The average molecular weight is 290 g/mol. The molecule has 0 saturated carbocycles. The molecule has 0 radical (unpaired) electrons. The summed E-state index contributed by atoms with van der Waals surface area (Å²) >= 11 is 1.07. The SMILES string of the molecule is COC(=O)c1sccc1S(=O)(=O)N(C)C1CNC1. The monoisotopic (exact) mass is 290 g/mol. The van der Waals surface area contributed by atoms with Gasteiger partial charge in [0, 0.05) is 26.2 Å². The maximum Gasteiger partial charge on any atom is 0.349 e. The van der Waals surface area contributed by atoms with E-state index in [9.17, 15) is 13.2 Å². The van der Waals surface area contributed by atoms with E-state index >= 15 is 0 Å². The van der Waals surface area contributed by atoms with E-state index in [2.05, 4.69) is 10.1 Å². The van der Waals surface area contributed by atoms with Crippen molar-refractivity contribution in [1.82, 2.24) is 9.62 Å². The minimum absolute atomic E-state index is 0.0220. The highest BCUT2D eigenvalue weighted by atomic mass is 32.2. The van der Waals surface area contributed by atoms with Crippen molar-refractivity contribution in [3.63, 3.8) is 0 Å². The van der Waals surface area contributed by atoms with Crippen LogP contribution in [-0.4, -0.2) is 52.0 Å². The molecule has 1 N–H and O–H groups in total. The molecule has 1 aromatic heterocycles. The third-order valence-electron chi connectivity index (χ3n) is 2.93. The van der Waals surface area contributed by atoms with Crippen molar-refractivity contribution >= 4 is 27.3 Å². The fraction of sp³-hybridized carbons (Fsp3) is 0.500. The number of thiophene rings is 1. The predicted octanol–water partition coefficient (Wildman–Crippen LogP) is 0.127. The molecule has 2 rings (SSSR count). The van der Waals surface area contributed by atoms with Crippen LogP contribution in [0.3, 0.4) is 0 Å². The zero-order chi connectivity index (χ0) is 13.3. The number of carbonyl (C=O) groups is 1. The lowest BCUT2D eigenvalue weighted by atomic mass is 10.2. The first-order valence-electron chi connectivity index (χ1n) is 5.33. The van der Waals surface area contributed by atoms with E-state index in [0.717, 1.165) is 11.3 Å². The Morgan fingerprint density at radius 3 is 2.72 bits per heavy atom. The molecule has 1 aliphatic heterocycles. The van der Waals surface area contributed by atoms with Crippen LogP contribution in [0.2, 0.25) is 0 Å². The molecule has 0 aliphatic carbocycles. The normalized spacial score (nSPS) is 16.6. The lowest BCUT2D eigenvalue weighted by Crippen LogP contribution is -2.57. The number of esters is 1. The number of carbonyl (C=O) groups excluding carboxylic acids is 1. The number of rotatable bonds is 4. The molecule has 1 aromatic rings. The third-order valence-corrected chi connectivity index (χ3v) is 5.91. The fourth-order valence-electron chi connectivity index (χ4n) is 1.62. The van der Waals surface area contributed by atoms with E-state index < -0.39 is 16.0 Å². The van der Waals surface area contributed by atoms with Gasteiger partial charge in [-0.15, -0.1) is 11.3 Å². The summed E-state index contributed by atoms with van der Waals surface area (Å²) in [6.07, 6.45) is 0. The molecule has 0 amide bonds. The molecule has 1 fully saturated rings. The zero-order valence-electron chi connectivity index (χ0n) is 10.0. The van der Waals surface area contributed by atoms with Crippen molar-refractivity contribution in [1.29, 1.82) is 0 Å². The van der Waals surface area contributed by atoms with Crippen LogP contribution in [0.25, 0.3) is 0 Å². The van der Waals surface area contributed by atoms with E-state index in [-0.39, 0.29) is 15.8 Å². The summed E-state index contributed by atoms with van der Waals surface area (Å²) in [5.74, 6) is -0.622. The van der Waals surface area contributed by atoms with E-state index in [0.29, 0.717) is 13.1 Å². The Hall–Kier alpha value is -0.960. The van der Waals surface area contributed by atoms with Crippen LogP contribution in [0, 0.1) is 0 Å². The number of nitrogens with one attached hydrogen (secondary N) is 1. The summed E-state index contributed by atoms with van der Waals surface area (Å²) in [4.78, 5) is 11.7. The van der Waals surface area contributed by atoms with Gasteiger partial charge in [0.15, 0.2) is 0 Å². The Morgan fingerprint density at radius 1 is 1.56 bits per heavy atom. The van der Waals surface area contributed by atoms with Crippen molar-refractivity contribution in [2.75, 3.05) is 27.2 Å². The molecular formula is C10H14N2O4S2. The maximum absolute atomic E-state index is 12.4. The molecule has 0 atom stereocenters. The number of hydrogen-bond donors (Lipinski definition) is 1. The van der Waals surface area contributed by atoms with Gasteiger partial charge in [0.05, 0.1) is 7.11 Å². The van der Waals surface area contributed by atoms with Crippen LogP contribution in [0.4, 0.5) is 0 Å². The highest BCUT2D eigenvalue weighted by Gasteiger charge is 2.34. The maximum atomic E-state index is 12.4. The van der Waals surface area contributed by atoms with Gasteiger partial charge in [-0.25, -0.2) is 13.2 Å². The van der Waals surface area contributed by atoms with Crippen molar-refractivity contribution in [2.45, 2.75) is 10.9 Å². The summed E-state index contributed by atoms with van der Waals surface area (Å²) in [5, 5.41) is 4.59. The molecule has 0 spiro atoms. The minimum atomic E-state index is -3.64. The van der Waals surface area contributed by atoms with Crippen LogP contribution < -0.4 is 5.32 Å². The Kier molecular flexibility index (Phi) is 3.71. The second kappa shape index (κ2) is 4.96. The molecule has 0 bridgehead atoms. The molecule has 18 heavy (non-hydrogen) atoms. The van der Waals surface area contributed by atoms with Crippen LogP contribution in [0.5, 0.6) is 0 Å². The third kappa shape index (κ3) is 2.16. The molecule has 1 saturated heterocycles. The molecule has 0 aromatic carbocycles. The molecule has 2 heterocycles. The summed E-state index contributed by atoms with van der Waals surface area (Å²) < 4.78 is 30.6. The summed E-state index contributed by atoms with van der Waals surface area (Å²) in [5.41, 5.74) is 0. The molecule has 8 heteroatoms. The van der Waals surface area contributed by atoms with Crippen molar-refractivity contribution < 1.29 is 17.9 Å². The smallest absolute Gasteiger partial charge is 0.349 e. The number of hydrogen-bond acceptors (Lipinski definition) is 6. The average Bonchev–Trinajstić information content (AvgIpc) is 2.74. The molecule has 6 nitrogen and oxygen atoms in total. The van der Waals surface area contributed by atoms with E-state index in [1.807, 2.05) is 0 Å². The van der Waals surface area contributed by atoms with E-state index in [4.69, 9.17) is 0 Å². The number of sulfonamides is 1. The summed E-state index contributed by atoms with van der Waals surface area (Å²) in [6.45, 7) is 1.26. The van der Waals surface area contributed by atoms with Crippen molar-refractivity contribution in [2.24, 2.45) is 0 Å².